The third-order valence-corrected chi connectivity index (χ3v) is 3.55. The molecule has 0 aromatic rings. The van der Waals surface area contributed by atoms with Crippen LogP contribution < -0.4 is 0 Å². The fourth-order valence-electron chi connectivity index (χ4n) is 1.97. The Hall–Kier alpha value is -1.66. The molecule has 1 atom stereocenters. The van der Waals surface area contributed by atoms with Crippen LogP contribution in [0.15, 0.2) is 23.8 Å². The Labute approximate surface area is 150 Å². The topological polar surface area (TPSA) is 115 Å². The summed E-state index contributed by atoms with van der Waals surface area (Å²) in [6.45, 7) is 6.39. The first-order valence-corrected chi connectivity index (χ1v) is 8.81. The first-order chi connectivity index (χ1) is 11.7. The van der Waals surface area contributed by atoms with Crippen LogP contribution in [-0.4, -0.2) is 45.1 Å². The Bertz CT molecular complexity index is 402. The number of carboxylic acid groups (broad SMARTS) is 2. The summed E-state index contributed by atoms with van der Waals surface area (Å²) in [5.41, 5.74) is 0.381. The van der Waals surface area contributed by atoms with E-state index in [4.69, 9.17) is 15.3 Å². The Morgan fingerprint density at radius 1 is 0.880 bits per heavy atom. The largest absolute Gasteiger partial charge is 0.478 e. The SMILES string of the molecule is C=C(C)C(=O)O.CC(=CC(O)CCCCCCCCCCO)C(=O)O. The van der Waals surface area contributed by atoms with Crippen molar-refractivity contribution >= 4 is 11.9 Å². The van der Waals surface area contributed by atoms with Crippen molar-refractivity contribution in [1.82, 2.24) is 0 Å². The lowest BCUT2D eigenvalue weighted by Crippen LogP contribution is -2.06. The van der Waals surface area contributed by atoms with Crippen LogP contribution >= 0.6 is 0 Å². The second-order valence-electron chi connectivity index (χ2n) is 6.15. The molecule has 0 amide bonds. The highest BCUT2D eigenvalue weighted by atomic mass is 16.4. The van der Waals surface area contributed by atoms with Gasteiger partial charge in [0.1, 0.15) is 0 Å². The highest BCUT2D eigenvalue weighted by molar-refractivity contribution is 5.85. The second kappa shape index (κ2) is 17.2. The van der Waals surface area contributed by atoms with Gasteiger partial charge in [0.15, 0.2) is 0 Å². The van der Waals surface area contributed by atoms with E-state index in [0.29, 0.717) is 13.0 Å². The summed E-state index contributed by atoms with van der Waals surface area (Å²) in [7, 11) is 0. The molecule has 6 heteroatoms. The predicted octanol–water partition coefficient (Wildman–Crippen LogP) is 3.53. The number of hydrogen-bond acceptors (Lipinski definition) is 4. The Morgan fingerprint density at radius 3 is 1.64 bits per heavy atom. The van der Waals surface area contributed by atoms with Gasteiger partial charge < -0.3 is 20.4 Å². The van der Waals surface area contributed by atoms with Crippen LogP contribution in [0.1, 0.15) is 71.6 Å². The van der Waals surface area contributed by atoms with E-state index in [-0.39, 0.29) is 11.1 Å². The normalized spacial score (nSPS) is 12.1. The highest BCUT2D eigenvalue weighted by Gasteiger charge is 2.05. The van der Waals surface area contributed by atoms with Crippen molar-refractivity contribution in [2.24, 2.45) is 0 Å². The predicted molar refractivity (Wildman–Crippen MR) is 98.5 cm³/mol. The van der Waals surface area contributed by atoms with Gasteiger partial charge in [0, 0.05) is 17.8 Å². The van der Waals surface area contributed by atoms with E-state index in [0.717, 1.165) is 32.1 Å². The van der Waals surface area contributed by atoms with E-state index in [1.54, 1.807) is 0 Å². The van der Waals surface area contributed by atoms with Gasteiger partial charge in [-0.1, -0.05) is 51.5 Å². The van der Waals surface area contributed by atoms with Crippen molar-refractivity contribution in [3.63, 3.8) is 0 Å². The molecular formula is C19H34O6. The zero-order chi connectivity index (χ0) is 19.7. The van der Waals surface area contributed by atoms with Gasteiger partial charge in [-0.25, -0.2) is 9.59 Å². The average Bonchev–Trinajstić information content (AvgIpc) is 2.53. The fraction of sp³-hybridized carbons (Fsp3) is 0.684. The quantitative estimate of drug-likeness (QED) is 0.296. The van der Waals surface area contributed by atoms with Gasteiger partial charge in [0.25, 0.3) is 0 Å². The summed E-state index contributed by atoms with van der Waals surface area (Å²) in [5, 5.41) is 34.8. The van der Waals surface area contributed by atoms with Gasteiger partial charge in [-0.2, -0.15) is 0 Å². The van der Waals surface area contributed by atoms with Crippen molar-refractivity contribution < 1.29 is 30.0 Å². The Kier molecular flexibility index (Phi) is 17.6. The Balaban J connectivity index is 0. The lowest BCUT2D eigenvalue weighted by atomic mass is 10.0. The molecule has 0 bridgehead atoms. The van der Waals surface area contributed by atoms with Crippen molar-refractivity contribution in [2.45, 2.75) is 77.7 Å². The molecule has 0 rings (SSSR count). The first-order valence-electron chi connectivity index (χ1n) is 8.81. The monoisotopic (exact) mass is 358 g/mol. The molecule has 0 saturated heterocycles. The minimum Gasteiger partial charge on any atom is -0.478 e. The van der Waals surface area contributed by atoms with Crippen LogP contribution in [0.5, 0.6) is 0 Å². The van der Waals surface area contributed by atoms with Gasteiger partial charge in [-0.15, -0.1) is 0 Å². The van der Waals surface area contributed by atoms with E-state index in [1.165, 1.54) is 39.2 Å². The van der Waals surface area contributed by atoms with Gasteiger partial charge in [-0.3, -0.25) is 0 Å². The standard InChI is InChI=1S/C15H28O4.C4H6O2/c1-13(15(18)19)12-14(17)10-8-6-4-2-3-5-7-9-11-16;1-3(2)4(5)6/h12,14,16-17H,2-11H2,1H3,(H,18,19);1H2,2H3,(H,5,6). The third-order valence-electron chi connectivity index (χ3n) is 3.55. The van der Waals surface area contributed by atoms with Crippen LogP contribution in [0.4, 0.5) is 0 Å². The maximum Gasteiger partial charge on any atom is 0.331 e. The average molecular weight is 358 g/mol. The van der Waals surface area contributed by atoms with Crippen LogP contribution in [0.2, 0.25) is 0 Å². The summed E-state index contributed by atoms with van der Waals surface area (Å²) in [6, 6.07) is 0. The number of aliphatic carboxylic acids is 2. The lowest BCUT2D eigenvalue weighted by Gasteiger charge is -2.06. The zero-order valence-corrected chi connectivity index (χ0v) is 15.5. The molecule has 0 aromatic carbocycles. The van der Waals surface area contributed by atoms with Crippen molar-refractivity contribution in [3.05, 3.63) is 23.8 Å². The molecule has 0 aromatic heterocycles. The van der Waals surface area contributed by atoms with Crippen LogP contribution in [0.25, 0.3) is 0 Å². The number of rotatable bonds is 13. The lowest BCUT2D eigenvalue weighted by molar-refractivity contribution is -0.133. The minimum absolute atomic E-state index is 0.176. The van der Waals surface area contributed by atoms with E-state index >= 15 is 0 Å². The van der Waals surface area contributed by atoms with Crippen LogP contribution in [0, 0.1) is 0 Å². The zero-order valence-electron chi connectivity index (χ0n) is 15.5. The summed E-state index contributed by atoms with van der Waals surface area (Å²) >= 11 is 0. The second-order valence-corrected chi connectivity index (χ2v) is 6.15. The first kappa shape index (κ1) is 25.6. The molecule has 146 valence electrons. The van der Waals surface area contributed by atoms with Gasteiger partial charge in [0.2, 0.25) is 0 Å². The molecule has 25 heavy (non-hydrogen) atoms. The number of hydrogen-bond donors (Lipinski definition) is 4. The van der Waals surface area contributed by atoms with Crippen molar-refractivity contribution in [2.75, 3.05) is 6.61 Å². The molecule has 0 aliphatic rings. The maximum atomic E-state index is 10.6. The number of aliphatic hydroxyl groups excluding tert-OH is 2. The summed E-state index contributed by atoms with van der Waals surface area (Å²) in [5.74, 6) is -1.91. The number of unbranched alkanes of at least 4 members (excludes halogenated alkanes) is 7. The fourth-order valence-corrected chi connectivity index (χ4v) is 1.97. The summed E-state index contributed by atoms with van der Waals surface area (Å²) < 4.78 is 0. The van der Waals surface area contributed by atoms with Crippen molar-refractivity contribution in [1.29, 1.82) is 0 Å². The summed E-state index contributed by atoms with van der Waals surface area (Å²) in [4.78, 5) is 20.2. The molecule has 0 radical (unpaired) electrons. The molecule has 0 spiro atoms. The highest BCUT2D eigenvalue weighted by Crippen LogP contribution is 2.11. The van der Waals surface area contributed by atoms with E-state index < -0.39 is 18.0 Å². The minimum atomic E-state index is -0.970. The smallest absolute Gasteiger partial charge is 0.331 e. The van der Waals surface area contributed by atoms with E-state index in [1.807, 2.05) is 0 Å². The molecule has 6 nitrogen and oxygen atoms in total. The van der Waals surface area contributed by atoms with E-state index in [2.05, 4.69) is 6.58 Å². The maximum absolute atomic E-state index is 10.6. The Morgan fingerprint density at radius 2 is 1.28 bits per heavy atom. The molecule has 0 aliphatic carbocycles. The van der Waals surface area contributed by atoms with Gasteiger partial charge in [0.05, 0.1) is 6.10 Å². The number of carbonyl (C=O) groups is 2. The molecule has 0 heterocycles. The van der Waals surface area contributed by atoms with Crippen LogP contribution in [-0.2, 0) is 9.59 Å². The molecule has 0 aliphatic heterocycles. The van der Waals surface area contributed by atoms with Crippen molar-refractivity contribution in [3.8, 4) is 0 Å². The number of aliphatic hydroxyl groups is 2. The molecule has 1 unspecified atom stereocenters. The summed E-state index contributed by atoms with van der Waals surface area (Å²) in [6.07, 6.45) is 10.2. The van der Waals surface area contributed by atoms with Gasteiger partial charge >= 0.3 is 11.9 Å². The number of carboxylic acids is 2. The molecular weight excluding hydrogens is 324 g/mol. The molecule has 0 fully saturated rings. The third kappa shape index (κ3) is 20.3. The van der Waals surface area contributed by atoms with Gasteiger partial charge in [-0.05, 0) is 32.8 Å². The van der Waals surface area contributed by atoms with E-state index in [9.17, 15) is 14.7 Å². The molecule has 0 saturated carbocycles. The molecule has 4 N–H and O–H groups in total. The van der Waals surface area contributed by atoms with Crippen LogP contribution in [0.3, 0.4) is 0 Å².